The highest BCUT2D eigenvalue weighted by atomic mass is 35.5. The molecule has 0 bridgehead atoms. The van der Waals surface area contributed by atoms with E-state index in [4.69, 9.17) is 11.6 Å². The maximum atomic E-state index is 10.6. The maximum absolute atomic E-state index is 10.6. The zero-order valence-corrected chi connectivity index (χ0v) is 6.96. The average molecular weight is 169 g/mol. The molecule has 0 saturated carbocycles. The van der Waals surface area contributed by atoms with Gasteiger partial charge in [0.1, 0.15) is 0 Å². The van der Waals surface area contributed by atoms with Crippen molar-refractivity contribution < 1.29 is 8.42 Å². The highest BCUT2D eigenvalue weighted by Gasteiger charge is 2.06. The summed E-state index contributed by atoms with van der Waals surface area (Å²) in [6.07, 6.45) is 1.60. The molecule has 0 aromatic heterocycles. The van der Waals surface area contributed by atoms with Crippen molar-refractivity contribution in [3.05, 3.63) is 10.4 Å². The van der Waals surface area contributed by atoms with Gasteiger partial charge in [0.05, 0.1) is 4.91 Å². The van der Waals surface area contributed by atoms with Gasteiger partial charge in [0, 0.05) is 11.8 Å². The Morgan fingerprint density at radius 3 is 2.11 bits per heavy atom. The largest absolute Gasteiger partial charge is 0.224 e. The van der Waals surface area contributed by atoms with E-state index in [0.717, 1.165) is 11.8 Å². The first-order valence-corrected chi connectivity index (χ1v) is 4.84. The molecule has 9 heavy (non-hydrogen) atoms. The standard InChI is InChI=1S/C5H9ClO2S/c1-3-5(4-6)9(2,7)8/h4H,3H2,1-2H3/b5-4+. The molecule has 0 saturated heterocycles. The summed E-state index contributed by atoms with van der Waals surface area (Å²) in [5.74, 6) is 0. The first-order valence-electron chi connectivity index (χ1n) is 2.51. The first-order chi connectivity index (χ1) is 4.02. The normalized spacial score (nSPS) is 13.9. The summed E-state index contributed by atoms with van der Waals surface area (Å²) >= 11 is 5.21. The van der Waals surface area contributed by atoms with E-state index in [1.54, 1.807) is 6.92 Å². The van der Waals surface area contributed by atoms with Gasteiger partial charge in [-0.05, 0) is 6.42 Å². The van der Waals surface area contributed by atoms with Crippen LogP contribution in [0.3, 0.4) is 0 Å². The fourth-order valence-corrected chi connectivity index (χ4v) is 1.75. The molecule has 4 heteroatoms. The summed E-state index contributed by atoms with van der Waals surface area (Å²) in [5.41, 5.74) is 1.11. The van der Waals surface area contributed by atoms with Crippen LogP contribution in [0.5, 0.6) is 0 Å². The minimum absolute atomic E-state index is 0.282. The molecule has 0 atom stereocenters. The van der Waals surface area contributed by atoms with Gasteiger partial charge in [0.25, 0.3) is 0 Å². The molecule has 2 nitrogen and oxygen atoms in total. The van der Waals surface area contributed by atoms with Crippen molar-refractivity contribution in [1.82, 2.24) is 0 Å². The Hall–Kier alpha value is -0.0200. The third-order valence-corrected chi connectivity index (χ3v) is 2.70. The Morgan fingerprint density at radius 2 is 2.11 bits per heavy atom. The third kappa shape index (κ3) is 2.87. The molecule has 0 unspecified atom stereocenters. The average Bonchev–Trinajstić information content (AvgIpc) is 1.65. The Kier molecular flexibility index (Phi) is 3.22. The van der Waals surface area contributed by atoms with Crippen molar-refractivity contribution in [2.24, 2.45) is 0 Å². The zero-order valence-electron chi connectivity index (χ0n) is 5.39. The van der Waals surface area contributed by atoms with Crippen LogP contribution >= 0.6 is 11.6 Å². The molecule has 0 rings (SSSR count). The van der Waals surface area contributed by atoms with Gasteiger partial charge in [0.2, 0.25) is 0 Å². The number of sulfone groups is 1. The van der Waals surface area contributed by atoms with E-state index < -0.39 is 9.84 Å². The van der Waals surface area contributed by atoms with Crippen LogP contribution in [-0.4, -0.2) is 14.7 Å². The van der Waals surface area contributed by atoms with Crippen LogP contribution in [0.2, 0.25) is 0 Å². The number of allylic oxidation sites excluding steroid dienone is 1. The molecule has 0 heterocycles. The predicted octanol–water partition coefficient (Wildman–Crippen LogP) is 1.52. The molecule has 0 aliphatic carbocycles. The van der Waals surface area contributed by atoms with Crippen LogP contribution in [0.1, 0.15) is 13.3 Å². The molecule has 0 aromatic rings. The van der Waals surface area contributed by atoms with Gasteiger partial charge in [0.15, 0.2) is 9.84 Å². The van der Waals surface area contributed by atoms with Crippen LogP contribution in [0.4, 0.5) is 0 Å². The van der Waals surface area contributed by atoms with E-state index >= 15 is 0 Å². The van der Waals surface area contributed by atoms with E-state index in [0.29, 0.717) is 6.42 Å². The number of hydrogen-bond donors (Lipinski definition) is 0. The van der Waals surface area contributed by atoms with E-state index in [1.807, 2.05) is 0 Å². The predicted molar refractivity (Wildman–Crippen MR) is 39.1 cm³/mol. The summed E-state index contributed by atoms with van der Waals surface area (Å²) < 4.78 is 21.3. The highest BCUT2D eigenvalue weighted by Crippen LogP contribution is 2.09. The molecule has 0 aliphatic rings. The van der Waals surface area contributed by atoms with Gasteiger partial charge in [-0.2, -0.15) is 0 Å². The first kappa shape index (κ1) is 8.98. The summed E-state index contributed by atoms with van der Waals surface area (Å²) in [6.45, 7) is 1.75. The van der Waals surface area contributed by atoms with E-state index in [2.05, 4.69) is 0 Å². The SMILES string of the molecule is CC/C(=C\Cl)S(C)(=O)=O. The second kappa shape index (κ2) is 3.22. The summed E-state index contributed by atoms with van der Waals surface area (Å²) in [6, 6.07) is 0. The smallest absolute Gasteiger partial charge is 0.172 e. The molecule has 0 aliphatic heterocycles. The lowest BCUT2D eigenvalue weighted by molar-refractivity contribution is 0.606. The molecule has 0 aromatic carbocycles. The minimum Gasteiger partial charge on any atom is -0.224 e. The molecular formula is C5H9ClO2S. The topological polar surface area (TPSA) is 34.1 Å². The van der Waals surface area contributed by atoms with Crippen molar-refractivity contribution in [1.29, 1.82) is 0 Å². The maximum Gasteiger partial charge on any atom is 0.172 e. The number of halogens is 1. The van der Waals surface area contributed by atoms with E-state index in [1.165, 1.54) is 0 Å². The second-order valence-corrected chi connectivity index (χ2v) is 3.99. The molecule has 0 spiro atoms. The van der Waals surface area contributed by atoms with Crippen molar-refractivity contribution in [2.75, 3.05) is 6.26 Å². The van der Waals surface area contributed by atoms with Gasteiger partial charge in [-0.1, -0.05) is 18.5 Å². The Labute approximate surface area is 60.4 Å². The Bertz CT molecular complexity index is 203. The molecule has 0 N–H and O–H groups in total. The monoisotopic (exact) mass is 168 g/mol. The lowest BCUT2D eigenvalue weighted by atomic mass is 10.5. The van der Waals surface area contributed by atoms with E-state index in [-0.39, 0.29) is 4.91 Å². The Balaban J connectivity index is 4.56. The van der Waals surface area contributed by atoms with Crippen molar-refractivity contribution in [3.63, 3.8) is 0 Å². The van der Waals surface area contributed by atoms with Crippen LogP contribution in [-0.2, 0) is 9.84 Å². The summed E-state index contributed by atoms with van der Waals surface area (Å²) in [5, 5.41) is 0. The summed E-state index contributed by atoms with van der Waals surface area (Å²) in [7, 11) is -3.04. The third-order valence-electron chi connectivity index (χ3n) is 0.946. The molecular weight excluding hydrogens is 160 g/mol. The number of hydrogen-bond acceptors (Lipinski definition) is 2. The van der Waals surface area contributed by atoms with Gasteiger partial charge in [-0.15, -0.1) is 0 Å². The van der Waals surface area contributed by atoms with Crippen LogP contribution < -0.4 is 0 Å². The molecule has 0 amide bonds. The van der Waals surface area contributed by atoms with E-state index in [9.17, 15) is 8.42 Å². The summed E-state index contributed by atoms with van der Waals surface area (Å²) in [4.78, 5) is 0.282. The fraction of sp³-hybridized carbons (Fsp3) is 0.600. The quantitative estimate of drug-likeness (QED) is 0.627. The van der Waals surface area contributed by atoms with Crippen LogP contribution in [0.25, 0.3) is 0 Å². The van der Waals surface area contributed by atoms with Crippen molar-refractivity contribution >= 4 is 21.4 Å². The molecule has 0 fully saturated rings. The molecule has 0 radical (unpaired) electrons. The van der Waals surface area contributed by atoms with Crippen molar-refractivity contribution in [2.45, 2.75) is 13.3 Å². The second-order valence-electron chi connectivity index (χ2n) is 1.70. The van der Waals surface area contributed by atoms with Crippen LogP contribution in [0, 0.1) is 0 Å². The van der Waals surface area contributed by atoms with Gasteiger partial charge < -0.3 is 0 Å². The molecule has 54 valence electrons. The van der Waals surface area contributed by atoms with Gasteiger partial charge in [-0.25, -0.2) is 8.42 Å². The number of rotatable bonds is 2. The zero-order chi connectivity index (χ0) is 7.49. The fourth-order valence-electron chi connectivity index (χ4n) is 0.420. The van der Waals surface area contributed by atoms with Gasteiger partial charge in [-0.3, -0.25) is 0 Å². The highest BCUT2D eigenvalue weighted by molar-refractivity contribution is 7.94. The van der Waals surface area contributed by atoms with Crippen molar-refractivity contribution in [3.8, 4) is 0 Å². The minimum atomic E-state index is -3.04. The van der Waals surface area contributed by atoms with Gasteiger partial charge >= 0.3 is 0 Å². The van der Waals surface area contributed by atoms with Crippen LogP contribution in [0.15, 0.2) is 10.4 Å². The Morgan fingerprint density at radius 1 is 1.67 bits per heavy atom. The lowest BCUT2D eigenvalue weighted by Crippen LogP contribution is -1.98. The lowest BCUT2D eigenvalue weighted by Gasteiger charge is -1.95.